The highest BCUT2D eigenvalue weighted by atomic mass is 16.4. The molecule has 2 aromatic heterocycles. The Bertz CT molecular complexity index is 1410. The molecule has 1 aliphatic rings. The summed E-state index contributed by atoms with van der Waals surface area (Å²) in [6.07, 6.45) is 5.45. The van der Waals surface area contributed by atoms with E-state index in [4.69, 9.17) is 0 Å². The number of aromatic carboxylic acids is 1. The number of carbonyl (C=O) groups is 2. The number of hydrogen-bond donors (Lipinski definition) is 3. The second-order valence-corrected chi connectivity index (χ2v) is 7.75. The number of H-pyrrole nitrogens is 1. The summed E-state index contributed by atoms with van der Waals surface area (Å²) in [5.41, 5.74) is 6.80. The van der Waals surface area contributed by atoms with Gasteiger partial charge in [0.25, 0.3) is 5.91 Å². The first kappa shape index (κ1) is 19.6. The SMILES string of the molecule is Cc1[nH]c(/C=C2\C(=O)Nc3ccc(-c4cnn(-c5ccccc5)c4)cc32)c(C)c1C(=O)O. The third-order valence-electron chi connectivity index (χ3n) is 5.72. The van der Waals surface area contributed by atoms with Gasteiger partial charge in [0.05, 0.1) is 23.0 Å². The van der Waals surface area contributed by atoms with Crippen LogP contribution < -0.4 is 5.32 Å². The number of aryl methyl sites for hydroxylation is 1. The molecule has 3 heterocycles. The number of rotatable bonds is 4. The minimum atomic E-state index is -0.991. The van der Waals surface area contributed by atoms with E-state index in [-0.39, 0.29) is 11.5 Å². The fourth-order valence-corrected chi connectivity index (χ4v) is 4.09. The van der Waals surface area contributed by atoms with Crippen molar-refractivity contribution in [1.82, 2.24) is 14.8 Å². The van der Waals surface area contributed by atoms with Gasteiger partial charge < -0.3 is 15.4 Å². The first-order chi connectivity index (χ1) is 15.4. The normalized spacial score (nSPS) is 13.9. The molecule has 4 aromatic rings. The van der Waals surface area contributed by atoms with Crippen molar-refractivity contribution in [1.29, 1.82) is 0 Å². The van der Waals surface area contributed by atoms with Crippen LogP contribution in [0.25, 0.3) is 28.5 Å². The average molecular weight is 424 g/mol. The van der Waals surface area contributed by atoms with Crippen LogP contribution in [-0.2, 0) is 4.79 Å². The molecule has 1 amide bonds. The molecule has 0 unspecified atom stereocenters. The van der Waals surface area contributed by atoms with Gasteiger partial charge in [0.15, 0.2) is 0 Å². The number of para-hydroxylation sites is 1. The van der Waals surface area contributed by atoms with Crippen molar-refractivity contribution >= 4 is 29.2 Å². The van der Waals surface area contributed by atoms with Gasteiger partial charge in [-0.2, -0.15) is 5.10 Å². The maximum absolute atomic E-state index is 12.7. The van der Waals surface area contributed by atoms with Crippen molar-refractivity contribution in [3.8, 4) is 16.8 Å². The summed E-state index contributed by atoms with van der Waals surface area (Å²) >= 11 is 0. The molecule has 0 saturated carbocycles. The van der Waals surface area contributed by atoms with Crippen molar-refractivity contribution in [2.24, 2.45) is 0 Å². The minimum absolute atomic E-state index is 0.222. The Morgan fingerprint density at radius 3 is 2.59 bits per heavy atom. The molecular weight excluding hydrogens is 404 g/mol. The van der Waals surface area contributed by atoms with E-state index < -0.39 is 5.97 Å². The maximum atomic E-state index is 12.7. The summed E-state index contributed by atoms with van der Waals surface area (Å²) < 4.78 is 1.81. The molecule has 1 aliphatic heterocycles. The third kappa shape index (κ3) is 3.20. The van der Waals surface area contributed by atoms with Gasteiger partial charge in [-0.3, -0.25) is 4.79 Å². The van der Waals surface area contributed by atoms with Gasteiger partial charge in [-0.15, -0.1) is 0 Å². The topological polar surface area (TPSA) is 100 Å². The van der Waals surface area contributed by atoms with Crippen molar-refractivity contribution in [3.05, 3.63) is 89.0 Å². The molecule has 158 valence electrons. The van der Waals surface area contributed by atoms with Crippen molar-refractivity contribution < 1.29 is 14.7 Å². The fourth-order valence-electron chi connectivity index (χ4n) is 4.09. The van der Waals surface area contributed by atoms with Gasteiger partial charge in [-0.1, -0.05) is 24.3 Å². The Kier molecular flexibility index (Phi) is 4.52. The molecule has 0 bridgehead atoms. The number of hydrogen-bond acceptors (Lipinski definition) is 3. The van der Waals surface area contributed by atoms with E-state index in [2.05, 4.69) is 15.4 Å². The number of fused-ring (bicyclic) bond motifs is 1. The average Bonchev–Trinajstić information content (AvgIpc) is 3.45. The largest absolute Gasteiger partial charge is 0.478 e. The predicted molar refractivity (Wildman–Crippen MR) is 123 cm³/mol. The van der Waals surface area contributed by atoms with E-state index in [1.54, 1.807) is 30.8 Å². The molecule has 7 heteroatoms. The Morgan fingerprint density at radius 2 is 1.88 bits per heavy atom. The molecule has 7 nitrogen and oxygen atoms in total. The number of carboxylic acids is 1. The lowest BCUT2D eigenvalue weighted by atomic mass is 10.00. The number of anilines is 1. The van der Waals surface area contributed by atoms with E-state index in [9.17, 15) is 14.7 Å². The first-order valence-corrected chi connectivity index (χ1v) is 10.1. The van der Waals surface area contributed by atoms with Crippen molar-refractivity contribution in [2.75, 3.05) is 5.32 Å². The van der Waals surface area contributed by atoms with Crippen molar-refractivity contribution in [3.63, 3.8) is 0 Å². The number of benzene rings is 2. The Balaban J connectivity index is 1.55. The van der Waals surface area contributed by atoms with Crippen LogP contribution in [0.4, 0.5) is 5.69 Å². The van der Waals surface area contributed by atoms with Gasteiger partial charge in [0.2, 0.25) is 0 Å². The quantitative estimate of drug-likeness (QED) is 0.414. The number of nitrogens with one attached hydrogen (secondary N) is 2. The number of carboxylic acid groups (broad SMARTS) is 1. The van der Waals surface area contributed by atoms with E-state index in [0.717, 1.165) is 28.1 Å². The molecule has 5 rings (SSSR count). The number of nitrogens with zero attached hydrogens (tertiary/aromatic N) is 2. The molecule has 0 radical (unpaired) electrons. The highest BCUT2D eigenvalue weighted by molar-refractivity contribution is 6.35. The van der Waals surface area contributed by atoms with E-state index >= 15 is 0 Å². The van der Waals surface area contributed by atoms with E-state index in [1.807, 2.05) is 54.7 Å². The van der Waals surface area contributed by atoms with Gasteiger partial charge in [0, 0.05) is 34.4 Å². The zero-order valence-electron chi connectivity index (χ0n) is 17.5. The van der Waals surface area contributed by atoms with Crippen LogP contribution in [0.2, 0.25) is 0 Å². The maximum Gasteiger partial charge on any atom is 0.337 e. The summed E-state index contributed by atoms with van der Waals surface area (Å²) in [6.45, 7) is 3.45. The zero-order valence-corrected chi connectivity index (χ0v) is 17.5. The Labute approximate surface area is 184 Å². The first-order valence-electron chi connectivity index (χ1n) is 10.1. The Hall–Kier alpha value is -4.39. The zero-order chi connectivity index (χ0) is 22.4. The molecule has 2 aromatic carbocycles. The molecule has 0 spiro atoms. The Morgan fingerprint density at radius 1 is 1.09 bits per heavy atom. The summed E-state index contributed by atoms with van der Waals surface area (Å²) in [7, 11) is 0. The highest BCUT2D eigenvalue weighted by Crippen LogP contribution is 2.37. The van der Waals surface area contributed by atoms with Crippen LogP contribution in [0.1, 0.15) is 32.9 Å². The summed E-state index contributed by atoms with van der Waals surface area (Å²) in [6, 6.07) is 15.6. The lowest BCUT2D eigenvalue weighted by molar-refractivity contribution is -0.110. The minimum Gasteiger partial charge on any atom is -0.478 e. The van der Waals surface area contributed by atoms with Crippen molar-refractivity contribution in [2.45, 2.75) is 13.8 Å². The van der Waals surface area contributed by atoms with Gasteiger partial charge in [0.1, 0.15) is 0 Å². The second kappa shape index (κ2) is 7.39. The lowest BCUT2D eigenvalue weighted by Gasteiger charge is -2.03. The van der Waals surface area contributed by atoms with Crippen LogP contribution in [-0.4, -0.2) is 31.7 Å². The van der Waals surface area contributed by atoms with Crippen LogP contribution >= 0.6 is 0 Å². The summed E-state index contributed by atoms with van der Waals surface area (Å²) in [5.74, 6) is -1.21. The molecule has 32 heavy (non-hydrogen) atoms. The second-order valence-electron chi connectivity index (χ2n) is 7.75. The third-order valence-corrected chi connectivity index (χ3v) is 5.72. The smallest absolute Gasteiger partial charge is 0.337 e. The number of aromatic nitrogens is 3. The van der Waals surface area contributed by atoms with Gasteiger partial charge in [-0.25, -0.2) is 9.48 Å². The highest BCUT2D eigenvalue weighted by Gasteiger charge is 2.26. The number of amides is 1. The molecule has 0 atom stereocenters. The van der Waals surface area contributed by atoms with Gasteiger partial charge >= 0.3 is 5.97 Å². The van der Waals surface area contributed by atoms with Crippen LogP contribution in [0.15, 0.2) is 60.9 Å². The summed E-state index contributed by atoms with van der Waals surface area (Å²) in [4.78, 5) is 27.3. The predicted octanol–water partition coefficient (Wildman–Crippen LogP) is 4.68. The molecular formula is C25H20N4O3. The molecule has 3 N–H and O–H groups in total. The number of aromatic amines is 1. The van der Waals surface area contributed by atoms with Gasteiger partial charge in [-0.05, 0) is 55.3 Å². The number of carbonyl (C=O) groups excluding carboxylic acids is 1. The van der Waals surface area contributed by atoms with E-state index in [1.165, 1.54) is 0 Å². The van der Waals surface area contributed by atoms with Crippen LogP contribution in [0, 0.1) is 13.8 Å². The fraction of sp³-hybridized carbons (Fsp3) is 0.0800. The summed E-state index contributed by atoms with van der Waals surface area (Å²) in [5, 5.41) is 16.8. The van der Waals surface area contributed by atoms with Crippen LogP contribution in [0.5, 0.6) is 0 Å². The standard InChI is InChI=1S/C25H20N4O3/c1-14-22(27-15(2)23(14)25(31)32)11-20-19-10-16(8-9-21(19)28-24(20)30)17-12-26-29(13-17)18-6-4-3-5-7-18/h3-13,27H,1-2H3,(H,28,30)(H,31,32)/b20-11-. The molecule has 0 saturated heterocycles. The van der Waals surface area contributed by atoms with E-state index in [0.29, 0.717) is 22.5 Å². The monoisotopic (exact) mass is 424 g/mol. The van der Waals surface area contributed by atoms with Crippen LogP contribution in [0.3, 0.4) is 0 Å². The lowest BCUT2D eigenvalue weighted by Crippen LogP contribution is -2.03. The molecule has 0 fully saturated rings. The molecule has 0 aliphatic carbocycles.